The zero-order valence-corrected chi connectivity index (χ0v) is 17.5. The van der Waals surface area contributed by atoms with E-state index in [0.717, 1.165) is 17.9 Å². The maximum Gasteiger partial charge on any atom is 0.273 e. The SMILES string of the molecule is Cc1cccc(CN(Cc2cc(C(=O)NCc3ccc4c(c3)OCO4)no2)C2CC2)c1. The highest BCUT2D eigenvalue weighted by Gasteiger charge is 2.30. The summed E-state index contributed by atoms with van der Waals surface area (Å²) in [4.78, 5) is 14.9. The van der Waals surface area contributed by atoms with Crippen molar-refractivity contribution in [1.82, 2.24) is 15.4 Å². The molecule has 7 nitrogen and oxygen atoms in total. The maximum absolute atomic E-state index is 12.5. The minimum absolute atomic E-state index is 0.231. The zero-order valence-electron chi connectivity index (χ0n) is 17.5. The minimum Gasteiger partial charge on any atom is -0.454 e. The minimum atomic E-state index is -0.260. The average Bonchev–Trinajstić information content (AvgIpc) is 3.33. The number of amides is 1. The van der Waals surface area contributed by atoms with E-state index < -0.39 is 0 Å². The number of aromatic nitrogens is 1. The van der Waals surface area contributed by atoms with Crippen LogP contribution in [0.3, 0.4) is 0 Å². The Hall–Kier alpha value is -3.32. The number of benzene rings is 2. The molecule has 1 amide bonds. The molecule has 2 aromatic carbocycles. The summed E-state index contributed by atoms with van der Waals surface area (Å²) in [6.45, 7) is 4.21. The molecular weight excluding hydrogens is 394 g/mol. The van der Waals surface area contributed by atoms with Crippen LogP contribution in [-0.4, -0.2) is 28.8 Å². The number of hydrogen-bond acceptors (Lipinski definition) is 6. The molecule has 1 saturated carbocycles. The first-order valence-corrected chi connectivity index (χ1v) is 10.6. The zero-order chi connectivity index (χ0) is 21.2. The maximum atomic E-state index is 12.5. The second kappa shape index (κ2) is 8.43. The van der Waals surface area contributed by atoms with E-state index in [0.29, 0.717) is 36.3 Å². The highest BCUT2D eigenvalue weighted by Crippen LogP contribution is 2.32. The van der Waals surface area contributed by atoms with Gasteiger partial charge in [0.05, 0.1) is 6.54 Å². The summed E-state index contributed by atoms with van der Waals surface area (Å²) in [5.74, 6) is 1.86. The van der Waals surface area contributed by atoms with E-state index in [1.54, 1.807) is 6.07 Å². The summed E-state index contributed by atoms with van der Waals surface area (Å²) in [7, 11) is 0. The van der Waals surface area contributed by atoms with Crippen LogP contribution in [0, 0.1) is 6.92 Å². The third kappa shape index (κ3) is 4.72. The second-order valence-corrected chi connectivity index (χ2v) is 8.17. The topological polar surface area (TPSA) is 76.8 Å². The fourth-order valence-corrected chi connectivity index (χ4v) is 3.82. The van der Waals surface area contributed by atoms with Crippen molar-refractivity contribution >= 4 is 5.91 Å². The van der Waals surface area contributed by atoms with Crippen LogP contribution in [0.15, 0.2) is 53.1 Å². The Bertz CT molecular complexity index is 1090. The molecule has 3 aromatic rings. The van der Waals surface area contributed by atoms with E-state index >= 15 is 0 Å². The predicted octanol–water partition coefficient (Wildman–Crippen LogP) is 3.81. The lowest BCUT2D eigenvalue weighted by Crippen LogP contribution is -2.25. The number of aryl methyl sites for hydroxylation is 1. The smallest absolute Gasteiger partial charge is 0.273 e. The van der Waals surface area contributed by atoms with Gasteiger partial charge in [-0.1, -0.05) is 41.1 Å². The molecule has 1 aromatic heterocycles. The first-order chi connectivity index (χ1) is 15.1. The van der Waals surface area contributed by atoms with E-state index in [1.807, 2.05) is 18.2 Å². The van der Waals surface area contributed by atoms with Gasteiger partial charge < -0.3 is 19.3 Å². The second-order valence-electron chi connectivity index (χ2n) is 8.17. The normalized spacial score (nSPS) is 14.8. The molecule has 0 unspecified atom stereocenters. The van der Waals surface area contributed by atoms with E-state index in [4.69, 9.17) is 14.0 Å². The van der Waals surface area contributed by atoms with Gasteiger partial charge in [0.2, 0.25) is 6.79 Å². The molecule has 1 fully saturated rings. The Morgan fingerprint density at radius 1 is 1.06 bits per heavy atom. The van der Waals surface area contributed by atoms with E-state index in [9.17, 15) is 4.79 Å². The van der Waals surface area contributed by atoms with Crippen molar-refractivity contribution in [3.8, 4) is 11.5 Å². The molecule has 0 spiro atoms. The largest absolute Gasteiger partial charge is 0.454 e. The molecule has 160 valence electrons. The summed E-state index contributed by atoms with van der Waals surface area (Å²) < 4.78 is 16.2. The fraction of sp³-hybridized carbons (Fsp3) is 0.333. The van der Waals surface area contributed by atoms with Crippen LogP contribution in [0.5, 0.6) is 11.5 Å². The highest BCUT2D eigenvalue weighted by molar-refractivity contribution is 5.92. The number of fused-ring (bicyclic) bond motifs is 1. The molecule has 0 radical (unpaired) electrons. The fourth-order valence-electron chi connectivity index (χ4n) is 3.82. The molecule has 1 aliphatic heterocycles. The number of carbonyl (C=O) groups excluding carboxylic acids is 1. The first kappa shape index (κ1) is 19.6. The van der Waals surface area contributed by atoms with Gasteiger partial charge in [0.15, 0.2) is 23.0 Å². The number of ether oxygens (including phenoxy) is 2. The van der Waals surface area contributed by atoms with Gasteiger partial charge in [-0.15, -0.1) is 0 Å². The number of rotatable bonds is 8. The predicted molar refractivity (Wildman–Crippen MR) is 114 cm³/mol. The first-order valence-electron chi connectivity index (χ1n) is 10.6. The molecule has 1 aliphatic carbocycles. The summed E-state index contributed by atoms with van der Waals surface area (Å²) in [6.07, 6.45) is 2.39. The molecule has 31 heavy (non-hydrogen) atoms. The molecule has 7 heteroatoms. The summed E-state index contributed by atoms with van der Waals surface area (Å²) in [5, 5.41) is 6.86. The standard InChI is InChI=1S/C24H25N3O4/c1-16-3-2-4-18(9-16)13-27(19-6-7-19)14-20-11-21(26-31-20)24(28)25-12-17-5-8-22-23(10-17)30-15-29-22/h2-5,8-11,19H,6-7,12-15H2,1H3,(H,25,28). The van der Waals surface area contributed by atoms with Crippen LogP contribution in [0.4, 0.5) is 0 Å². The van der Waals surface area contributed by atoms with Gasteiger partial charge in [-0.3, -0.25) is 9.69 Å². The van der Waals surface area contributed by atoms with Crippen molar-refractivity contribution in [2.24, 2.45) is 0 Å². The van der Waals surface area contributed by atoms with E-state index in [-0.39, 0.29) is 12.7 Å². The quantitative estimate of drug-likeness (QED) is 0.598. The molecule has 5 rings (SSSR count). The summed E-state index contributed by atoms with van der Waals surface area (Å²) in [5.41, 5.74) is 3.77. The van der Waals surface area contributed by atoms with Crippen LogP contribution in [0.25, 0.3) is 0 Å². The van der Waals surface area contributed by atoms with Gasteiger partial charge in [0, 0.05) is 25.2 Å². The van der Waals surface area contributed by atoms with Crippen molar-refractivity contribution in [2.75, 3.05) is 6.79 Å². The van der Waals surface area contributed by atoms with Gasteiger partial charge in [-0.05, 0) is 43.0 Å². The third-order valence-electron chi connectivity index (χ3n) is 5.57. The van der Waals surface area contributed by atoms with Gasteiger partial charge in [-0.2, -0.15) is 0 Å². The molecule has 2 heterocycles. The van der Waals surface area contributed by atoms with Crippen LogP contribution >= 0.6 is 0 Å². The number of nitrogens with one attached hydrogen (secondary N) is 1. The Morgan fingerprint density at radius 2 is 1.94 bits per heavy atom. The molecule has 0 saturated heterocycles. The molecule has 1 N–H and O–H groups in total. The Labute approximate surface area is 180 Å². The van der Waals surface area contributed by atoms with Crippen LogP contribution < -0.4 is 14.8 Å². The molecular formula is C24H25N3O4. The number of nitrogens with zero attached hydrogens (tertiary/aromatic N) is 2. The van der Waals surface area contributed by atoms with E-state index in [1.165, 1.54) is 24.0 Å². The van der Waals surface area contributed by atoms with Crippen molar-refractivity contribution in [1.29, 1.82) is 0 Å². The van der Waals surface area contributed by atoms with Crippen molar-refractivity contribution in [3.63, 3.8) is 0 Å². The van der Waals surface area contributed by atoms with Crippen molar-refractivity contribution in [2.45, 2.75) is 45.4 Å². The lowest BCUT2D eigenvalue weighted by atomic mass is 10.1. The molecule has 0 atom stereocenters. The van der Waals surface area contributed by atoms with Crippen LogP contribution in [0.2, 0.25) is 0 Å². The lowest BCUT2D eigenvalue weighted by Gasteiger charge is -2.20. The van der Waals surface area contributed by atoms with Gasteiger partial charge in [-0.25, -0.2) is 0 Å². The number of carbonyl (C=O) groups is 1. The molecule has 2 aliphatic rings. The van der Waals surface area contributed by atoms with Crippen LogP contribution in [-0.2, 0) is 19.6 Å². The van der Waals surface area contributed by atoms with Crippen molar-refractivity contribution in [3.05, 3.63) is 76.7 Å². The Kier molecular flexibility index (Phi) is 5.34. The van der Waals surface area contributed by atoms with Crippen LogP contribution in [0.1, 0.15) is 45.8 Å². The Morgan fingerprint density at radius 3 is 2.77 bits per heavy atom. The lowest BCUT2D eigenvalue weighted by molar-refractivity contribution is 0.0941. The van der Waals surface area contributed by atoms with E-state index in [2.05, 4.69) is 46.6 Å². The number of hydrogen-bond donors (Lipinski definition) is 1. The monoisotopic (exact) mass is 419 g/mol. The summed E-state index contributed by atoms with van der Waals surface area (Å²) in [6, 6.07) is 16.5. The van der Waals surface area contributed by atoms with Gasteiger partial charge >= 0.3 is 0 Å². The molecule has 0 bridgehead atoms. The third-order valence-corrected chi connectivity index (χ3v) is 5.57. The van der Waals surface area contributed by atoms with Gasteiger partial charge in [0.25, 0.3) is 5.91 Å². The average molecular weight is 419 g/mol. The Balaban J connectivity index is 1.19. The summed E-state index contributed by atoms with van der Waals surface area (Å²) >= 11 is 0. The van der Waals surface area contributed by atoms with Crippen molar-refractivity contribution < 1.29 is 18.8 Å². The van der Waals surface area contributed by atoms with Gasteiger partial charge in [0.1, 0.15) is 0 Å². The highest BCUT2D eigenvalue weighted by atomic mass is 16.7.